The second-order valence-electron chi connectivity index (χ2n) is 3.56. The minimum Gasteiger partial charge on any atom is -0.507 e. The van der Waals surface area contributed by atoms with E-state index in [1.165, 1.54) is 26.4 Å². The van der Waals surface area contributed by atoms with Gasteiger partial charge >= 0.3 is 5.97 Å². The number of nitrogens with zero attached hydrogens (tertiary/aromatic N) is 1. The molecule has 0 aliphatic rings. The van der Waals surface area contributed by atoms with Crippen LogP contribution in [-0.2, 0) is 9.53 Å². The van der Waals surface area contributed by atoms with E-state index >= 15 is 0 Å². The molecule has 0 spiro atoms. The van der Waals surface area contributed by atoms with Gasteiger partial charge in [-0.1, -0.05) is 29.8 Å². The van der Waals surface area contributed by atoms with Gasteiger partial charge in [0, 0.05) is 18.3 Å². The molecule has 4 nitrogen and oxygen atoms in total. The summed E-state index contributed by atoms with van der Waals surface area (Å²) < 4.78 is 4.55. The first-order valence-electron chi connectivity index (χ1n) is 5.46. The molecule has 5 heteroatoms. The number of aliphatic hydroxyl groups excluding tert-OH is 1. The molecule has 0 amide bonds. The zero-order valence-corrected chi connectivity index (χ0v) is 11.4. The number of ether oxygens (including phenoxy) is 1. The Hall–Kier alpha value is -2.07. The zero-order valence-electron chi connectivity index (χ0n) is 10.6. The van der Waals surface area contributed by atoms with Crippen molar-refractivity contribution in [2.45, 2.75) is 0 Å². The lowest BCUT2D eigenvalue weighted by Crippen LogP contribution is -2.08. The van der Waals surface area contributed by atoms with Gasteiger partial charge in [-0.15, -0.1) is 0 Å². The molecular weight excluding hydrogens is 266 g/mol. The number of aliphatic imine (C=N–C) groups is 1. The summed E-state index contributed by atoms with van der Waals surface area (Å²) >= 11 is 5.77. The summed E-state index contributed by atoms with van der Waals surface area (Å²) in [4.78, 5) is 15.1. The van der Waals surface area contributed by atoms with E-state index in [0.29, 0.717) is 5.02 Å². The number of allylic oxidation sites excluding steroid dienone is 1. The number of carbonyl (C=O) groups excluding carboxylic acids is 1. The Kier molecular flexibility index (Phi) is 5.82. The van der Waals surface area contributed by atoms with Crippen molar-refractivity contribution in [1.29, 1.82) is 0 Å². The summed E-state index contributed by atoms with van der Waals surface area (Å²) in [7, 11) is 2.74. The fourth-order valence-electron chi connectivity index (χ4n) is 1.30. The Labute approximate surface area is 116 Å². The van der Waals surface area contributed by atoms with Crippen LogP contribution < -0.4 is 0 Å². The molecule has 0 heterocycles. The van der Waals surface area contributed by atoms with Crippen LogP contribution in [0.4, 0.5) is 0 Å². The molecule has 1 N–H and O–H groups in total. The molecule has 19 heavy (non-hydrogen) atoms. The molecule has 0 aliphatic heterocycles. The number of hydrogen-bond donors (Lipinski definition) is 1. The van der Waals surface area contributed by atoms with Crippen molar-refractivity contribution in [3.8, 4) is 0 Å². The van der Waals surface area contributed by atoms with Crippen LogP contribution in [0, 0.1) is 0 Å². The van der Waals surface area contributed by atoms with Crippen molar-refractivity contribution in [2.75, 3.05) is 14.2 Å². The van der Waals surface area contributed by atoms with Crippen LogP contribution in [0.2, 0.25) is 5.02 Å². The normalized spacial score (nSPS) is 12.8. The van der Waals surface area contributed by atoms with Gasteiger partial charge in [-0.25, -0.2) is 4.79 Å². The molecule has 0 saturated carbocycles. The van der Waals surface area contributed by atoms with Crippen molar-refractivity contribution in [1.82, 2.24) is 0 Å². The van der Waals surface area contributed by atoms with Gasteiger partial charge in [0.1, 0.15) is 11.3 Å². The van der Waals surface area contributed by atoms with Crippen molar-refractivity contribution in [3.63, 3.8) is 0 Å². The van der Waals surface area contributed by atoms with E-state index < -0.39 is 5.97 Å². The Morgan fingerprint density at radius 2 is 2.00 bits per heavy atom. The van der Waals surface area contributed by atoms with Crippen molar-refractivity contribution >= 4 is 29.9 Å². The largest absolute Gasteiger partial charge is 0.507 e. The highest BCUT2D eigenvalue weighted by molar-refractivity contribution is 6.30. The van der Waals surface area contributed by atoms with Crippen molar-refractivity contribution in [3.05, 3.63) is 52.3 Å². The Balaban J connectivity index is 2.99. The van der Waals surface area contributed by atoms with Crippen LogP contribution in [0.1, 0.15) is 5.56 Å². The van der Waals surface area contributed by atoms with Crippen molar-refractivity contribution < 1.29 is 14.6 Å². The van der Waals surface area contributed by atoms with Gasteiger partial charge < -0.3 is 9.84 Å². The first-order chi connectivity index (χ1) is 9.08. The maximum Gasteiger partial charge on any atom is 0.343 e. The summed E-state index contributed by atoms with van der Waals surface area (Å²) in [5.74, 6) is -0.865. The number of rotatable bonds is 4. The van der Waals surface area contributed by atoms with Gasteiger partial charge in [0.25, 0.3) is 0 Å². The molecular formula is C14H14ClNO3. The Bertz CT molecular complexity index is 530. The topological polar surface area (TPSA) is 58.9 Å². The number of carbonyl (C=O) groups is 1. The molecule has 0 aromatic heterocycles. The average molecular weight is 280 g/mol. The van der Waals surface area contributed by atoms with E-state index in [4.69, 9.17) is 11.6 Å². The third kappa shape index (κ3) is 4.60. The maximum absolute atomic E-state index is 11.4. The standard InChI is InChI=1S/C14H14ClNO3/c1-16-9-12(14(18)19-2)13(17)8-5-10-3-6-11(15)7-4-10/h3-9,17H,1-2H3/b8-5+,13-12-,16-9?. The number of benzene rings is 1. The summed E-state index contributed by atoms with van der Waals surface area (Å²) in [6.45, 7) is 0. The second kappa shape index (κ2) is 7.38. The van der Waals surface area contributed by atoms with Crippen LogP contribution in [0.5, 0.6) is 0 Å². The third-order valence-electron chi connectivity index (χ3n) is 2.24. The molecule has 0 bridgehead atoms. The SMILES string of the molecule is CN=C/C(C(=O)OC)=C(O)\C=C\c1ccc(Cl)cc1. The number of methoxy groups -OCH3 is 1. The van der Waals surface area contributed by atoms with Gasteiger partial charge in [0.05, 0.1) is 7.11 Å². The van der Waals surface area contributed by atoms with E-state index in [1.807, 2.05) is 0 Å². The second-order valence-corrected chi connectivity index (χ2v) is 4.00. The smallest absolute Gasteiger partial charge is 0.343 e. The van der Waals surface area contributed by atoms with Crippen LogP contribution in [0.15, 0.2) is 46.7 Å². The van der Waals surface area contributed by atoms with Gasteiger partial charge in [0.2, 0.25) is 0 Å². The van der Waals surface area contributed by atoms with Gasteiger partial charge in [-0.3, -0.25) is 4.99 Å². The lowest BCUT2D eigenvalue weighted by Gasteiger charge is -2.01. The number of hydrogen-bond acceptors (Lipinski definition) is 4. The third-order valence-corrected chi connectivity index (χ3v) is 2.50. The highest BCUT2D eigenvalue weighted by Gasteiger charge is 2.11. The molecule has 0 unspecified atom stereocenters. The molecule has 0 fully saturated rings. The lowest BCUT2D eigenvalue weighted by molar-refractivity contribution is -0.135. The van der Waals surface area contributed by atoms with E-state index in [9.17, 15) is 9.90 Å². The molecule has 0 radical (unpaired) electrons. The van der Waals surface area contributed by atoms with E-state index in [2.05, 4.69) is 9.73 Å². The predicted octanol–water partition coefficient (Wildman–Crippen LogP) is 3.04. The summed E-state index contributed by atoms with van der Waals surface area (Å²) in [6, 6.07) is 7.04. The van der Waals surface area contributed by atoms with Gasteiger partial charge in [-0.05, 0) is 23.8 Å². The van der Waals surface area contributed by atoms with Crippen molar-refractivity contribution in [2.24, 2.45) is 4.99 Å². The van der Waals surface area contributed by atoms with E-state index in [0.717, 1.165) is 5.56 Å². The summed E-state index contributed by atoms with van der Waals surface area (Å²) in [5.41, 5.74) is 0.837. The molecule has 1 rings (SSSR count). The molecule has 100 valence electrons. The number of aliphatic hydroxyl groups is 1. The highest BCUT2D eigenvalue weighted by atomic mass is 35.5. The Morgan fingerprint density at radius 3 is 2.53 bits per heavy atom. The summed E-state index contributed by atoms with van der Waals surface area (Å²) in [5, 5.41) is 10.5. The fraction of sp³-hybridized carbons (Fsp3) is 0.143. The van der Waals surface area contributed by atoms with Crippen LogP contribution in [0.3, 0.4) is 0 Å². The lowest BCUT2D eigenvalue weighted by atomic mass is 10.1. The quantitative estimate of drug-likeness (QED) is 0.303. The number of halogens is 1. The molecule has 0 saturated heterocycles. The first kappa shape index (κ1) is 15.0. The van der Waals surface area contributed by atoms with Gasteiger partial charge in [0.15, 0.2) is 0 Å². The molecule has 0 atom stereocenters. The maximum atomic E-state index is 11.4. The molecule has 1 aromatic rings. The Morgan fingerprint density at radius 1 is 1.37 bits per heavy atom. The van der Waals surface area contributed by atoms with Crippen LogP contribution in [0.25, 0.3) is 6.08 Å². The minimum absolute atomic E-state index is 0.00443. The molecule has 0 aliphatic carbocycles. The number of esters is 1. The zero-order chi connectivity index (χ0) is 14.3. The van der Waals surface area contributed by atoms with E-state index in [1.54, 1.807) is 30.3 Å². The van der Waals surface area contributed by atoms with Crippen LogP contribution in [-0.4, -0.2) is 31.4 Å². The van der Waals surface area contributed by atoms with Crippen LogP contribution >= 0.6 is 11.6 Å². The average Bonchev–Trinajstić information content (AvgIpc) is 2.43. The van der Waals surface area contributed by atoms with E-state index in [-0.39, 0.29) is 11.3 Å². The highest BCUT2D eigenvalue weighted by Crippen LogP contribution is 2.12. The predicted molar refractivity (Wildman–Crippen MR) is 76.6 cm³/mol. The fourth-order valence-corrected chi connectivity index (χ4v) is 1.43. The first-order valence-corrected chi connectivity index (χ1v) is 5.83. The van der Waals surface area contributed by atoms with Gasteiger partial charge in [-0.2, -0.15) is 0 Å². The molecule has 1 aromatic carbocycles. The minimum atomic E-state index is -0.649. The monoisotopic (exact) mass is 279 g/mol. The summed E-state index contributed by atoms with van der Waals surface area (Å²) in [6.07, 6.45) is 4.29.